The lowest BCUT2D eigenvalue weighted by atomic mass is 10.3. The van der Waals surface area contributed by atoms with Gasteiger partial charge in [0, 0.05) is 20.1 Å². The van der Waals surface area contributed by atoms with Crippen LogP contribution in [0.1, 0.15) is 37.1 Å². The number of hydrogen-bond donors (Lipinski definition) is 1. The van der Waals surface area contributed by atoms with E-state index in [0.717, 1.165) is 25.4 Å². The predicted molar refractivity (Wildman–Crippen MR) is 67.9 cm³/mol. The zero-order valence-corrected chi connectivity index (χ0v) is 10.9. The molecule has 96 valence electrons. The second-order valence-electron chi connectivity index (χ2n) is 4.85. The first-order valence-corrected chi connectivity index (χ1v) is 6.57. The summed E-state index contributed by atoms with van der Waals surface area (Å²) in [5, 5.41) is 7.71. The van der Waals surface area contributed by atoms with Gasteiger partial charge in [-0.1, -0.05) is 12.8 Å². The molecule has 1 aromatic heterocycles. The van der Waals surface area contributed by atoms with E-state index >= 15 is 0 Å². The SMILES string of the molecule is Cc1cc(CNCCOC2CCCC2)n(C)n1. The minimum Gasteiger partial charge on any atom is -0.377 e. The van der Waals surface area contributed by atoms with E-state index < -0.39 is 0 Å². The highest BCUT2D eigenvalue weighted by molar-refractivity contribution is 5.08. The highest BCUT2D eigenvalue weighted by Gasteiger charge is 2.14. The number of ether oxygens (including phenoxy) is 1. The summed E-state index contributed by atoms with van der Waals surface area (Å²) in [5.74, 6) is 0. The van der Waals surface area contributed by atoms with Crippen molar-refractivity contribution in [2.24, 2.45) is 7.05 Å². The second kappa shape index (κ2) is 6.17. The van der Waals surface area contributed by atoms with E-state index in [1.807, 2.05) is 18.7 Å². The Kier molecular flexibility index (Phi) is 4.57. The highest BCUT2D eigenvalue weighted by atomic mass is 16.5. The Morgan fingerprint density at radius 2 is 2.24 bits per heavy atom. The van der Waals surface area contributed by atoms with Crippen LogP contribution in [0.2, 0.25) is 0 Å². The third kappa shape index (κ3) is 3.82. The molecule has 0 aliphatic heterocycles. The normalized spacial score (nSPS) is 16.8. The number of rotatable bonds is 6. The monoisotopic (exact) mass is 237 g/mol. The third-order valence-electron chi connectivity index (χ3n) is 3.34. The van der Waals surface area contributed by atoms with Gasteiger partial charge in [0.05, 0.1) is 24.1 Å². The zero-order chi connectivity index (χ0) is 12.1. The molecule has 0 amide bonds. The van der Waals surface area contributed by atoms with Crippen molar-refractivity contribution in [2.45, 2.75) is 45.3 Å². The molecular formula is C13H23N3O. The minimum atomic E-state index is 0.524. The molecule has 0 saturated heterocycles. The first-order chi connectivity index (χ1) is 8.25. The van der Waals surface area contributed by atoms with Gasteiger partial charge in [0.1, 0.15) is 0 Å². The molecular weight excluding hydrogens is 214 g/mol. The Hall–Kier alpha value is -0.870. The summed E-state index contributed by atoms with van der Waals surface area (Å²) in [6.45, 7) is 4.63. The Bertz CT molecular complexity index is 342. The lowest BCUT2D eigenvalue weighted by Crippen LogP contribution is -2.22. The van der Waals surface area contributed by atoms with Crippen LogP contribution < -0.4 is 5.32 Å². The van der Waals surface area contributed by atoms with Crippen molar-refractivity contribution in [2.75, 3.05) is 13.2 Å². The maximum absolute atomic E-state index is 5.79. The van der Waals surface area contributed by atoms with Crippen LogP contribution in [0, 0.1) is 6.92 Å². The first kappa shape index (κ1) is 12.6. The standard InChI is InChI=1S/C13H23N3O/c1-11-9-12(16(2)15-11)10-14-7-8-17-13-5-3-4-6-13/h9,13-14H,3-8,10H2,1-2H3. The van der Waals surface area contributed by atoms with Gasteiger partial charge in [0.25, 0.3) is 0 Å². The van der Waals surface area contributed by atoms with Crippen molar-refractivity contribution in [1.82, 2.24) is 15.1 Å². The van der Waals surface area contributed by atoms with Crippen LogP contribution in [0.15, 0.2) is 6.07 Å². The second-order valence-corrected chi connectivity index (χ2v) is 4.85. The molecule has 1 aliphatic rings. The van der Waals surface area contributed by atoms with Crippen molar-refractivity contribution >= 4 is 0 Å². The predicted octanol–water partition coefficient (Wildman–Crippen LogP) is 1.78. The zero-order valence-electron chi connectivity index (χ0n) is 10.9. The van der Waals surface area contributed by atoms with E-state index in [-0.39, 0.29) is 0 Å². The molecule has 0 spiro atoms. The average Bonchev–Trinajstić information content (AvgIpc) is 2.89. The van der Waals surface area contributed by atoms with Crippen molar-refractivity contribution in [3.8, 4) is 0 Å². The summed E-state index contributed by atoms with van der Waals surface area (Å²) in [6, 6.07) is 2.12. The highest BCUT2D eigenvalue weighted by Crippen LogP contribution is 2.20. The molecule has 1 N–H and O–H groups in total. The van der Waals surface area contributed by atoms with E-state index in [1.54, 1.807) is 0 Å². The molecule has 0 bridgehead atoms. The Morgan fingerprint density at radius 3 is 2.88 bits per heavy atom. The smallest absolute Gasteiger partial charge is 0.0597 e. The van der Waals surface area contributed by atoms with Crippen molar-refractivity contribution in [3.05, 3.63) is 17.5 Å². The molecule has 2 rings (SSSR count). The lowest BCUT2D eigenvalue weighted by Gasteiger charge is -2.11. The average molecular weight is 237 g/mol. The van der Waals surface area contributed by atoms with Crippen molar-refractivity contribution in [1.29, 1.82) is 0 Å². The van der Waals surface area contributed by atoms with Gasteiger partial charge < -0.3 is 10.1 Å². The van der Waals surface area contributed by atoms with Gasteiger partial charge in [-0.15, -0.1) is 0 Å². The molecule has 4 nitrogen and oxygen atoms in total. The Morgan fingerprint density at radius 1 is 1.47 bits per heavy atom. The topological polar surface area (TPSA) is 39.1 Å². The summed E-state index contributed by atoms with van der Waals surface area (Å²) >= 11 is 0. The van der Waals surface area contributed by atoms with Crippen LogP contribution >= 0.6 is 0 Å². The van der Waals surface area contributed by atoms with Crippen LogP contribution in [0.3, 0.4) is 0 Å². The molecule has 0 aromatic carbocycles. The van der Waals surface area contributed by atoms with E-state index in [1.165, 1.54) is 31.4 Å². The molecule has 17 heavy (non-hydrogen) atoms. The minimum absolute atomic E-state index is 0.524. The molecule has 1 saturated carbocycles. The molecule has 4 heteroatoms. The fraction of sp³-hybridized carbons (Fsp3) is 0.769. The van der Waals surface area contributed by atoms with Crippen molar-refractivity contribution in [3.63, 3.8) is 0 Å². The molecule has 1 aromatic rings. The van der Waals surface area contributed by atoms with Crippen LogP contribution in [0.25, 0.3) is 0 Å². The van der Waals surface area contributed by atoms with E-state index in [2.05, 4.69) is 16.5 Å². The number of hydrogen-bond acceptors (Lipinski definition) is 3. The van der Waals surface area contributed by atoms with Gasteiger partial charge >= 0.3 is 0 Å². The van der Waals surface area contributed by atoms with E-state index in [9.17, 15) is 0 Å². The van der Waals surface area contributed by atoms with Crippen LogP contribution in [0.5, 0.6) is 0 Å². The summed E-state index contributed by atoms with van der Waals surface area (Å²) in [5.41, 5.74) is 2.30. The summed E-state index contributed by atoms with van der Waals surface area (Å²) in [6.07, 6.45) is 5.71. The quantitative estimate of drug-likeness (QED) is 0.767. The first-order valence-electron chi connectivity index (χ1n) is 6.57. The van der Waals surface area contributed by atoms with Gasteiger partial charge in [0.2, 0.25) is 0 Å². The maximum atomic E-state index is 5.79. The van der Waals surface area contributed by atoms with Gasteiger partial charge in [-0.2, -0.15) is 5.10 Å². The molecule has 1 heterocycles. The fourth-order valence-electron chi connectivity index (χ4n) is 2.40. The maximum Gasteiger partial charge on any atom is 0.0597 e. The van der Waals surface area contributed by atoms with Gasteiger partial charge in [-0.25, -0.2) is 0 Å². The van der Waals surface area contributed by atoms with E-state index in [0.29, 0.717) is 6.10 Å². The number of nitrogens with zero attached hydrogens (tertiary/aromatic N) is 2. The molecule has 1 aliphatic carbocycles. The summed E-state index contributed by atoms with van der Waals surface area (Å²) in [7, 11) is 1.99. The van der Waals surface area contributed by atoms with Gasteiger partial charge in [-0.3, -0.25) is 4.68 Å². The van der Waals surface area contributed by atoms with Gasteiger partial charge in [-0.05, 0) is 25.8 Å². The van der Waals surface area contributed by atoms with E-state index in [4.69, 9.17) is 4.74 Å². The molecule has 0 atom stereocenters. The molecule has 0 radical (unpaired) electrons. The summed E-state index contributed by atoms with van der Waals surface area (Å²) in [4.78, 5) is 0. The lowest BCUT2D eigenvalue weighted by molar-refractivity contribution is 0.0602. The molecule has 0 unspecified atom stereocenters. The fourth-order valence-corrected chi connectivity index (χ4v) is 2.40. The van der Waals surface area contributed by atoms with Gasteiger partial charge in [0.15, 0.2) is 0 Å². The summed E-state index contributed by atoms with van der Waals surface area (Å²) < 4.78 is 7.72. The number of aryl methyl sites for hydroxylation is 2. The van der Waals surface area contributed by atoms with Crippen LogP contribution in [0.4, 0.5) is 0 Å². The molecule has 1 fully saturated rings. The van der Waals surface area contributed by atoms with Crippen LogP contribution in [-0.4, -0.2) is 29.0 Å². The number of nitrogens with one attached hydrogen (secondary N) is 1. The van der Waals surface area contributed by atoms with Crippen molar-refractivity contribution < 1.29 is 4.74 Å². The third-order valence-corrected chi connectivity index (χ3v) is 3.34. The Labute approximate surface area is 103 Å². The number of aromatic nitrogens is 2. The largest absolute Gasteiger partial charge is 0.377 e. The Balaban J connectivity index is 1.58. The van der Waals surface area contributed by atoms with Crippen LogP contribution in [-0.2, 0) is 18.3 Å².